The fraction of sp³-hybridized carbons (Fsp3) is 0.200. The molecule has 0 unspecified atom stereocenters. The van der Waals surface area contributed by atoms with Crippen molar-refractivity contribution in [3.8, 4) is 17.2 Å². The predicted molar refractivity (Wildman–Crippen MR) is 73.1 cm³/mol. The van der Waals surface area contributed by atoms with E-state index in [9.17, 15) is 8.78 Å². The lowest BCUT2D eigenvalue weighted by Gasteiger charge is -2.13. The highest BCUT2D eigenvalue weighted by Crippen LogP contribution is 2.30. The summed E-state index contributed by atoms with van der Waals surface area (Å²) in [5, 5.41) is 0. The summed E-state index contributed by atoms with van der Waals surface area (Å²) < 4.78 is 37.2. The molecular weight excluding hydrogens is 264 g/mol. The summed E-state index contributed by atoms with van der Waals surface area (Å²) in [6.07, 6.45) is -0.0211. The van der Waals surface area contributed by atoms with Gasteiger partial charge in [-0.05, 0) is 26.0 Å². The van der Waals surface area contributed by atoms with Crippen LogP contribution in [0.5, 0.6) is 17.2 Å². The molecule has 0 saturated heterocycles. The van der Waals surface area contributed by atoms with Crippen LogP contribution < -0.4 is 15.2 Å². The summed E-state index contributed by atoms with van der Waals surface area (Å²) in [7, 11) is 0. The first kappa shape index (κ1) is 14.1. The summed E-state index contributed by atoms with van der Waals surface area (Å²) >= 11 is 0. The fourth-order valence-electron chi connectivity index (χ4n) is 1.68. The quantitative estimate of drug-likeness (QED) is 0.856. The van der Waals surface area contributed by atoms with E-state index in [0.717, 1.165) is 12.1 Å². The Morgan fingerprint density at radius 1 is 1.00 bits per heavy atom. The molecule has 0 aliphatic carbocycles. The number of hydrogen-bond acceptors (Lipinski definition) is 3. The zero-order valence-corrected chi connectivity index (χ0v) is 11.2. The van der Waals surface area contributed by atoms with Crippen molar-refractivity contribution in [1.82, 2.24) is 0 Å². The van der Waals surface area contributed by atoms with Crippen molar-refractivity contribution in [3.05, 3.63) is 48.0 Å². The maximum atomic E-state index is 13.5. The molecule has 2 rings (SSSR count). The minimum atomic E-state index is -0.779. The highest BCUT2D eigenvalue weighted by molar-refractivity contribution is 5.51. The van der Waals surface area contributed by atoms with Gasteiger partial charge in [0.15, 0.2) is 11.6 Å². The molecule has 106 valence electrons. The van der Waals surface area contributed by atoms with Crippen molar-refractivity contribution < 1.29 is 18.3 Å². The molecule has 0 aliphatic heterocycles. The summed E-state index contributed by atoms with van der Waals surface area (Å²) in [4.78, 5) is 0. The van der Waals surface area contributed by atoms with Gasteiger partial charge < -0.3 is 15.2 Å². The number of hydrogen-bond donors (Lipinski definition) is 1. The van der Waals surface area contributed by atoms with Crippen LogP contribution in [-0.4, -0.2) is 6.10 Å². The molecule has 2 N–H and O–H groups in total. The number of ether oxygens (including phenoxy) is 2. The highest BCUT2D eigenvalue weighted by atomic mass is 19.1. The van der Waals surface area contributed by atoms with Crippen molar-refractivity contribution in [2.45, 2.75) is 20.0 Å². The number of anilines is 1. The molecule has 0 saturated carbocycles. The van der Waals surface area contributed by atoms with Gasteiger partial charge in [0, 0.05) is 30.0 Å². The topological polar surface area (TPSA) is 44.5 Å². The monoisotopic (exact) mass is 279 g/mol. The molecule has 0 aliphatic rings. The second-order valence-corrected chi connectivity index (χ2v) is 4.58. The third-order valence-electron chi connectivity index (χ3n) is 2.40. The van der Waals surface area contributed by atoms with E-state index in [1.54, 1.807) is 12.1 Å². The minimum Gasteiger partial charge on any atom is -0.491 e. The molecular formula is C15H15F2NO2. The smallest absolute Gasteiger partial charge is 0.168 e. The maximum absolute atomic E-state index is 13.5. The van der Waals surface area contributed by atoms with Gasteiger partial charge in [0.05, 0.1) is 6.10 Å². The van der Waals surface area contributed by atoms with Crippen molar-refractivity contribution in [3.63, 3.8) is 0 Å². The number of nitrogen functional groups attached to an aromatic ring is 1. The first-order valence-corrected chi connectivity index (χ1v) is 6.14. The van der Waals surface area contributed by atoms with Crippen LogP contribution in [0.15, 0.2) is 36.4 Å². The van der Waals surface area contributed by atoms with Gasteiger partial charge in [0.25, 0.3) is 0 Å². The number of rotatable bonds is 4. The first-order chi connectivity index (χ1) is 9.44. The Labute approximate surface area is 115 Å². The zero-order valence-electron chi connectivity index (χ0n) is 11.2. The maximum Gasteiger partial charge on any atom is 0.168 e. The van der Waals surface area contributed by atoms with Crippen LogP contribution in [0.4, 0.5) is 14.5 Å². The van der Waals surface area contributed by atoms with Crippen molar-refractivity contribution in [2.24, 2.45) is 0 Å². The first-order valence-electron chi connectivity index (χ1n) is 6.14. The third kappa shape index (κ3) is 3.60. The molecule has 0 aromatic heterocycles. The van der Waals surface area contributed by atoms with Crippen LogP contribution in [0, 0.1) is 11.6 Å². The second-order valence-electron chi connectivity index (χ2n) is 4.58. The molecule has 0 amide bonds. The summed E-state index contributed by atoms with van der Waals surface area (Å²) in [6.45, 7) is 3.76. The molecule has 3 nitrogen and oxygen atoms in total. The van der Waals surface area contributed by atoms with E-state index in [0.29, 0.717) is 17.2 Å². The normalized spacial score (nSPS) is 10.7. The Morgan fingerprint density at radius 2 is 1.70 bits per heavy atom. The van der Waals surface area contributed by atoms with Gasteiger partial charge in [-0.1, -0.05) is 0 Å². The number of benzene rings is 2. The van der Waals surface area contributed by atoms with Crippen LogP contribution in [-0.2, 0) is 0 Å². The Morgan fingerprint density at radius 3 is 2.35 bits per heavy atom. The molecule has 0 heterocycles. The SMILES string of the molecule is CC(C)Oc1cc(N)cc(Oc2ccc(F)cc2F)c1. The molecule has 0 atom stereocenters. The second kappa shape index (κ2) is 5.77. The van der Waals surface area contributed by atoms with Crippen LogP contribution >= 0.6 is 0 Å². The predicted octanol–water partition coefficient (Wildman–Crippen LogP) is 4.13. The van der Waals surface area contributed by atoms with E-state index in [-0.39, 0.29) is 11.9 Å². The summed E-state index contributed by atoms with van der Waals surface area (Å²) in [5.41, 5.74) is 6.17. The van der Waals surface area contributed by atoms with E-state index in [2.05, 4.69) is 0 Å². The van der Waals surface area contributed by atoms with Crippen LogP contribution in [0.25, 0.3) is 0 Å². The lowest BCUT2D eigenvalue weighted by Crippen LogP contribution is -2.06. The average molecular weight is 279 g/mol. The molecule has 0 fully saturated rings. The van der Waals surface area contributed by atoms with Crippen molar-refractivity contribution in [2.75, 3.05) is 5.73 Å². The lowest BCUT2D eigenvalue weighted by atomic mass is 10.2. The Kier molecular flexibility index (Phi) is 4.08. The van der Waals surface area contributed by atoms with E-state index in [4.69, 9.17) is 15.2 Å². The Balaban J connectivity index is 2.26. The van der Waals surface area contributed by atoms with E-state index in [1.807, 2.05) is 13.8 Å². The average Bonchev–Trinajstić information content (AvgIpc) is 2.31. The molecule has 20 heavy (non-hydrogen) atoms. The third-order valence-corrected chi connectivity index (χ3v) is 2.40. The van der Waals surface area contributed by atoms with Gasteiger partial charge in [-0.25, -0.2) is 8.78 Å². The zero-order chi connectivity index (χ0) is 14.7. The Bertz CT molecular complexity index is 615. The largest absolute Gasteiger partial charge is 0.491 e. The van der Waals surface area contributed by atoms with Gasteiger partial charge in [-0.15, -0.1) is 0 Å². The molecule has 2 aromatic rings. The van der Waals surface area contributed by atoms with E-state index < -0.39 is 11.6 Å². The van der Waals surface area contributed by atoms with Crippen molar-refractivity contribution >= 4 is 5.69 Å². The molecule has 5 heteroatoms. The summed E-state index contributed by atoms with van der Waals surface area (Å²) in [5.74, 6) is -0.666. The number of nitrogens with two attached hydrogens (primary N) is 1. The van der Waals surface area contributed by atoms with Gasteiger partial charge in [0.1, 0.15) is 17.3 Å². The van der Waals surface area contributed by atoms with Crippen molar-refractivity contribution in [1.29, 1.82) is 0 Å². The highest BCUT2D eigenvalue weighted by Gasteiger charge is 2.08. The van der Waals surface area contributed by atoms with Gasteiger partial charge in [-0.2, -0.15) is 0 Å². The van der Waals surface area contributed by atoms with E-state index in [1.165, 1.54) is 12.1 Å². The minimum absolute atomic E-state index is 0.0211. The van der Waals surface area contributed by atoms with E-state index >= 15 is 0 Å². The van der Waals surface area contributed by atoms with Crippen LogP contribution in [0.2, 0.25) is 0 Å². The molecule has 0 radical (unpaired) electrons. The van der Waals surface area contributed by atoms with Gasteiger partial charge in [-0.3, -0.25) is 0 Å². The van der Waals surface area contributed by atoms with Gasteiger partial charge in [0.2, 0.25) is 0 Å². The molecule has 2 aromatic carbocycles. The number of halogens is 2. The summed E-state index contributed by atoms with van der Waals surface area (Å²) in [6, 6.07) is 7.88. The standard InChI is InChI=1S/C15H15F2NO2/c1-9(2)19-12-6-11(18)7-13(8-12)20-15-4-3-10(16)5-14(15)17/h3-9H,18H2,1-2H3. The fourth-order valence-corrected chi connectivity index (χ4v) is 1.68. The Hall–Kier alpha value is -2.30. The van der Waals surface area contributed by atoms with Crippen LogP contribution in [0.1, 0.15) is 13.8 Å². The lowest BCUT2D eigenvalue weighted by molar-refractivity contribution is 0.241. The van der Waals surface area contributed by atoms with Gasteiger partial charge >= 0.3 is 0 Å². The molecule has 0 spiro atoms. The van der Waals surface area contributed by atoms with Crippen LogP contribution in [0.3, 0.4) is 0 Å². The molecule has 0 bridgehead atoms.